The topological polar surface area (TPSA) is 89.6 Å². The van der Waals surface area contributed by atoms with Crippen LogP contribution in [0.5, 0.6) is 0 Å². The Bertz CT molecular complexity index is 1070. The Labute approximate surface area is 191 Å². The van der Waals surface area contributed by atoms with Crippen molar-refractivity contribution in [2.45, 2.75) is 25.5 Å². The highest BCUT2D eigenvalue weighted by Gasteiger charge is 2.36. The number of aliphatic imine (C=N–C) groups is 1. The van der Waals surface area contributed by atoms with E-state index in [4.69, 9.17) is 22.1 Å². The van der Waals surface area contributed by atoms with Crippen LogP contribution in [0.25, 0.3) is 0 Å². The number of benzene rings is 2. The van der Waals surface area contributed by atoms with Crippen LogP contribution >= 0.6 is 11.6 Å². The van der Waals surface area contributed by atoms with Gasteiger partial charge in [0.15, 0.2) is 0 Å². The monoisotopic (exact) mass is 454 g/mol. The highest BCUT2D eigenvalue weighted by atomic mass is 35.5. The molecule has 0 saturated heterocycles. The highest BCUT2D eigenvalue weighted by molar-refractivity contribution is 6.30. The van der Waals surface area contributed by atoms with E-state index in [2.05, 4.69) is 15.3 Å². The van der Waals surface area contributed by atoms with Gasteiger partial charge in [0.25, 0.3) is 0 Å². The van der Waals surface area contributed by atoms with Crippen LogP contribution in [0.3, 0.4) is 0 Å². The summed E-state index contributed by atoms with van der Waals surface area (Å²) in [6.45, 7) is 3.86. The van der Waals surface area contributed by atoms with Gasteiger partial charge in [-0.3, -0.25) is 14.8 Å². The second-order valence-electron chi connectivity index (χ2n) is 7.49. The van der Waals surface area contributed by atoms with E-state index in [0.29, 0.717) is 28.5 Å². The lowest BCUT2D eigenvalue weighted by Gasteiger charge is -2.34. The van der Waals surface area contributed by atoms with Gasteiger partial charge in [0.2, 0.25) is 6.41 Å². The number of aryl methyl sites for hydroxylation is 1. The summed E-state index contributed by atoms with van der Waals surface area (Å²) in [7, 11) is 0. The number of nitrogens with one attached hydrogen (secondary N) is 1. The Morgan fingerprint density at radius 2 is 1.97 bits per heavy atom. The van der Waals surface area contributed by atoms with Crippen LogP contribution in [0.4, 0.5) is 10.1 Å². The number of pyridine rings is 1. The van der Waals surface area contributed by atoms with Crippen molar-refractivity contribution in [3.8, 4) is 0 Å². The normalized spacial score (nSPS) is 19.9. The van der Waals surface area contributed by atoms with E-state index in [1.54, 1.807) is 19.2 Å². The number of carbonyl (C=O) groups is 1. The molecule has 4 rings (SSSR count). The van der Waals surface area contributed by atoms with Crippen molar-refractivity contribution in [3.05, 3.63) is 94.5 Å². The summed E-state index contributed by atoms with van der Waals surface area (Å²) in [5.41, 5.74) is 7.85. The Hall–Kier alpha value is -3.29. The molecule has 6 nitrogen and oxygen atoms in total. The summed E-state index contributed by atoms with van der Waals surface area (Å²) in [5.74, 6) is -0.129. The van der Waals surface area contributed by atoms with Crippen LogP contribution in [-0.4, -0.2) is 23.8 Å². The summed E-state index contributed by atoms with van der Waals surface area (Å²) in [6, 6.07) is 17.5. The van der Waals surface area contributed by atoms with Crippen molar-refractivity contribution >= 4 is 29.5 Å². The lowest BCUT2D eigenvalue weighted by atomic mass is 9.90. The number of aromatic nitrogens is 1. The predicted octanol–water partition coefficient (Wildman–Crippen LogP) is 4.78. The minimum atomic E-state index is -0.958. The second kappa shape index (κ2) is 10.3. The van der Waals surface area contributed by atoms with Crippen LogP contribution in [-0.2, 0) is 15.1 Å². The molecular weight excluding hydrogens is 431 g/mol. The van der Waals surface area contributed by atoms with Crippen LogP contribution in [0.2, 0.25) is 5.02 Å². The number of amidine groups is 1. The Morgan fingerprint density at radius 1 is 1.22 bits per heavy atom. The SMILES string of the molecule is CC1(c2cc(NC=O)ccc2F)COC(c2ccccc2)C(N)=N1.Cc1ccc(Cl)cn1. The number of rotatable bonds is 4. The molecule has 2 aromatic carbocycles. The minimum absolute atomic E-state index is 0.175. The van der Waals surface area contributed by atoms with Gasteiger partial charge in [-0.2, -0.15) is 0 Å². The number of nitrogens with zero attached hydrogens (tertiary/aromatic N) is 2. The largest absolute Gasteiger partial charge is 0.385 e. The van der Waals surface area contributed by atoms with E-state index in [9.17, 15) is 9.18 Å². The smallest absolute Gasteiger partial charge is 0.211 e. The van der Waals surface area contributed by atoms with E-state index in [0.717, 1.165) is 11.3 Å². The Morgan fingerprint density at radius 3 is 2.56 bits per heavy atom. The molecule has 0 spiro atoms. The molecule has 2 heterocycles. The molecule has 8 heteroatoms. The van der Waals surface area contributed by atoms with Gasteiger partial charge in [-0.05, 0) is 49.7 Å². The molecule has 166 valence electrons. The van der Waals surface area contributed by atoms with E-state index >= 15 is 0 Å². The first-order valence-electron chi connectivity index (χ1n) is 9.92. The molecule has 1 amide bonds. The van der Waals surface area contributed by atoms with Crippen molar-refractivity contribution in [2.24, 2.45) is 10.7 Å². The van der Waals surface area contributed by atoms with Crippen molar-refractivity contribution in [1.82, 2.24) is 4.98 Å². The van der Waals surface area contributed by atoms with Crippen LogP contribution in [0, 0.1) is 12.7 Å². The number of anilines is 1. The summed E-state index contributed by atoms with van der Waals surface area (Å²) >= 11 is 5.55. The van der Waals surface area contributed by atoms with E-state index in [-0.39, 0.29) is 6.61 Å². The zero-order valence-corrected chi connectivity index (χ0v) is 18.5. The zero-order valence-electron chi connectivity index (χ0n) is 17.8. The Balaban J connectivity index is 0.000000305. The summed E-state index contributed by atoms with van der Waals surface area (Å²) in [5, 5.41) is 3.20. The van der Waals surface area contributed by atoms with E-state index in [1.807, 2.05) is 49.4 Å². The van der Waals surface area contributed by atoms with E-state index in [1.165, 1.54) is 12.1 Å². The maximum absolute atomic E-state index is 14.3. The third-order valence-corrected chi connectivity index (χ3v) is 5.15. The van der Waals surface area contributed by atoms with E-state index < -0.39 is 17.5 Å². The third-order valence-electron chi connectivity index (χ3n) is 4.93. The number of hydrogen-bond acceptors (Lipinski definition) is 5. The molecule has 1 aromatic heterocycles. The average Bonchev–Trinajstić information content (AvgIpc) is 2.78. The van der Waals surface area contributed by atoms with Crippen LogP contribution < -0.4 is 11.1 Å². The first-order valence-corrected chi connectivity index (χ1v) is 10.3. The van der Waals surface area contributed by atoms with Gasteiger partial charge >= 0.3 is 0 Å². The van der Waals surface area contributed by atoms with Gasteiger partial charge in [0, 0.05) is 23.1 Å². The molecule has 0 aliphatic carbocycles. The highest BCUT2D eigenvalue weighted by Crippen LogP contribution is 2.36. The van der Waals surface area contributed by atoms with Gasteiger partial charge in [0.05, 0.1) is 11.6 Å². The average molecular weight is 455 g/mol. The molecule has 0 fully saturated rings. The van der Waals surface area contributed by atoms with Gasteiger partial charge in [0.1, 0.15) is 23.3 Å². The molecule has 32 heavy (non-hydrogen) atoms. The first kappa shape index (κ1) is 23.4. The number of hydrogen-bond donors (Lipinski definition) is 2. The first-order chi connectivity index (χ1) is 15.3. The summed E-state index contributed by atoms with van der Waals surface area (Å²) in [6.07, 6.45) is 1.73. The molecule has 3 N–H and O–H groups in total. The standard InChI is InChI=1S/C18H18FN3O2.C6H6ClN/c1-18(14-9-13(21-11-23)7-8-15(14)19)10-24-16(17(20)22-18)12-5-3-2-4-6-12;1-5-2-3-6(7)4-8-5/h2-9,11,16H,10H2,1H3,(H2,20,22)(H,21,23);2-4H,1H3. The van der Waals surface area contributed by atoms with Crippen molar-refractivity contribution in [1.29, 1.82) is 0 Å². The second-order valence-corrected chi connectivity index (χ2v) is 7.92. The van der Waals surface area contributed by atoms with Gasteiger partial charge in [-0.25, -0.2) is 4.39 Å². The predicted molar refractivity (Wildman–Crippen MR) is 124 cm³/mol. The number of nitrogens with two attached hydrogens (primary N) is 1. The van der Waals surface area contributed by atoms with Crippen molar-refractivity contribution < 1.29 is 13.9 Å². The molecule has 0 saturated carbocycles. The zero-order chi connectivity index (χ0) is 23.1. The molecule has 2 unspecified atom stereocenters. The molecule has 0 bridgehead atoms. The fourth-order valence-electron chi connectivity index (χ4n) is 3.29. The number of amides is 1. The van der Waals surface area contributed by atoms with Crippen LogP contribution in [0.15, 0.2) is 71.9 Å². The lowest BCUT2D eigenvalue weighted by molar-refractivity contribution is -0.105. The van der Waals surface area contributed by atoms with Crippen molar-refractivity contribution in [3.63, 3.8) is 0 Å². The maximum Gasteiger partial charge on any atom is 0.211 e. The fourth-order valence-corrected chi connectivity index (χ4v) is 3.40. The number of ether oxygens (including phenoxy) is 1. The molecule has 2 atom stereocenters. The number of halogens is 2. The quantitative estimate of drug-likeness (QED) is 0.555. The van der Waals surface area contributed by atoms with Gasteiger partial charge < -0.3 is 15.8 Å². The molecular formula is C24H24ClFN4O2. The molecule has 3 aromatic rings. The maximum atomic E-state index is 14.3. The van der Waals surface area contributed by atoms with Crippen molar-refractivity contribution in [2.75, 3.05) is 11.9 Å². The fraction of sp³-hybridized carbons (Fsp3) is 0.208. The Kier molecular flexibility index (Phi) is 7.56. The van der Waals surface area contributed by atoms with Gasteiger partial charge in [-0.15, -0.1) is 0 Å². The summed E-state index contributed by atoms with van der Waals surface area (Å²) in [4.78, 5) is 19.1. The van der Waals surface area contributed by atoms with Crippen LogP contribution in [0.1, 0.15) is 29.8 Å². The molecule has 1 aliphatic rings. The molecule has 0 radical (unpaired) electrons. The number of carbonyl (C=O) groups excluding carboxylic acids is 1. The molecule has 1 aliphatic heterocycles. The third kappa shape index (κ3) is 5.69. The lowest BCUT2D eigenvalue weighted by Crippen LogP contribution is -2.40. The van der Waals surface area contributed by atoms with Gasteiger partial charge in [-0.1, -0.05) is 41.9 Å². The summed E-state index contributed by atoms with van der Waals surface area (Å²) < 4.78 is 20.2. The minimum Gasteiger partial charge on any atom is -0.385 e.